The first-order valence-corrected chi connectivity index (χ1v) is 12.8. The van der Waals surface area contributed by atoms with Gasteiger partial charge in [-0.1, -0.05) is 12.0 Å². The van der Waals surface area contributed by atoms with Crippen LogP contribution in [0.5, 0.6) is 0 Å². The summed E-state index contributed by atoms with van der Waals surface area (Å²) in [5, 5.41) is 2.57. The van der Waals surface area contributed by atoms with E-state index in [-0.39, 0.29) is 23.4 Å². The highest BCUT2D eigenvalue weighted by atomic mass is 19.4. The molecule has 0 spiro atoms. The van der Waals surface area contributed by atoms with Gasteiger partial charge in [-0.05, 0) is 69.7 Å². The third-order valence-electron chi connectivity index (χ3n) is 7.01. The van der Waals surface area contributed by atoms with Crippen molar-refractivity contribution in [1.29, 1.82) is 0 Å². The number of nitrogens with one attached hydrogen (secondary N) is 1. The quantitative estimate of drug-likeness (QED) is 0.375. The van der Waals surface area contributed by atoms with E-state index >= 15 is 0 Å². The van der Waals surface area contributed by atoms with Crippen molar-refractivity contribution in [2.75, 3.05) is 32.5 Å². The Kier molecular flexibility index (Phi) is 7.82. The second-order valence-corrected chi connectivity index (χ2v) is 9.95. The van der Waals surface area contributed by atoms with Crippen molar-refractivity contribution >= 4 is 17.2 Å². The SMILES string of the molecule is CN(C)C1CCN(Cc2ccc(NC(=O)c3cncc(C#Cc4cnc5cnccn45)c3)cc2C(F)(F)F)CC1. The molecule has 0 atom stereocenters. The number of benzene rings is 1. The summed E-state index contributed by atoms with van der Waals surface area (Å²) in [7, 11) is 4.05. The molecular formula is C29H28F3N7O. The molecule has 40 heavy (non-hydrogen) atoms. The highest BCUT2D eigenvalue weighted by molar-refractivity contribution is 6.04. The van der Waals surface area contributed by atoms with E-state index in [1.54, 1.807) is 29.2 Å². The molecule has 1 amide bonds. The predicted molar refractivity (Wildman–Crippen MR) is 145 cm³/mol. The fraction of sp³-hybridized carbons (Fsp3) is 0.310. The van der Waals surface area contributed by atoms with Crippen LogP contribution in [0.2, 0.25) is 0 Å². The van der Waals surface area contributed by atoms with E-state index in [4.69, 9.17) is 0 Å². The summed E-state index contributed by atoms with van der Waals surface area (Å²) >= 11 is 0. The van der Waals surface area contributed by atoms with E-state index < -0.39 is 17.6 Å². The number of aromatic nitrogens is 4. The monoisotopic (exact) mass is 547 g/mol. The van der Waals surface area contributed by atoms with E-state index in [2.05, 4.69) is 37.0 Å². The van der Waals surface area contributed by atoms with Crippen LogP contribution in [0.4, 0.5) is 18.9 Å². The van der Waals surface area contributed by atoms with Crippen LogP contribution in [0.3, 0.4) is 0 Å². The summed E-state index contributed by atoms with van der Waals surface area (Å²) in [6.45, 7) is 1.68. The maximum absolute atomic E-state index is 14.0. The van der Waals surface area contributed by atoms with Crippen molar-refractivity contribution in [2.24, 2.45) is 0 Å². The standard InChI is InChI=1S/C29H28F3N7O/c1-37(2)24-7-10-38(11-8-24)19-21-4-5-23(14-26(21)29(30,31)32)36-28(40)22-13-20(15-34-16-22)3-6-25-17-35-27-18-33-9-12-39(25)27/h4-5,9,12-18,24H,7-8,10-11,19H2,1-2H3,(H,36,40). The third-order valence-corrected chi connectivity index (χ3v) is 7.01. The Morgan fingerprint density at radius 1 is 1.07 bits per heavy atom. The number of hydrogen-bond acceptors (Lipinski definition) is 6. The number of hydrogen-bond donors (Lipinski definition) is 1. The molecule has 206 valence electrons. The van der Waals surface area contributed by atoms with Crippen molar-refractivity contribution in [3.63, 3.8) is 0 Å². The summed E-state index contributed by atoms with van der Waals surface area (Å²) < 4.78 is 43.7. The molecule has 1 fully saturated rings. The highest BCUT2D eigenvalue weighted by Gasteiger charge is 2.34. The lowest BCUT2D eigenvalue weighted by Gasteiger charge is -2.35. The lowest BCUT2D eigenvalue weighted by Crippen LogP contribution is -2.41. The molecule has 4 aromatic rings. The number of anilines is 1. The molecule has 0 bridgehead atoms. The van der Waals surface area contributed by atoms with Crippen molar-refractivity contribution in [3.8, 4) is 11.8 Å². The number of imidazole rings is 1. The van der Waals surface area contributed by atoms with Gasteiger partial charge in [-0.3, -0.25) is 24.1 Å². The molecular weight excluding hydrogens is 519 g/mol. The molecule has 4 heterocycles. The Morgan fingerprint density at radius 2 is 1.88 bits per heavy atom. The number of pyridine rings is 1. The maximum Gasteiger partial charge on any atom is 0.416 e. The fourth-order valence-corrected chi connectivity index (χ4v) is 4.80. The molecule has 1 aliphatic rings. The molecule has 1 aromatic carbocycles. The van der Waals surface area contributed by atoms with E-state index in [1.165, 1.54) is 30.6 Å². The minimum atomic E-state index is -4.55. The first-order chi connectivity index (χ1) is 19.2. The van der Waals surface area contributed by atoms with Gasteiger partial charge in [0.05, 0.1) is 23.5 Å². The molecule has 0 radical (unpaired) electrons. The van der Waals surface area contributed by atoms with Gasteiger partial charge >= 0.3 is 6.18 Å². The normalized spacial score (nSPS) is 14.8. The van der Waals surface area contributed by atoms with Crippen molar-refractivity contribution < 1.29 is 18.0 Å². The summed E-state index contributed by atoms with van der Waals surface area (Å²) in [5.41, 5.74) is 1.43. The number of alkyl halides is 3. The molecule has 5 rings (SSSR count). The van der Waals surface area contributed by atoms with Gasteiger partial charge in [-0.2, -0.15) is 13.2 Å². The Balaban J connectivity index is 1.30. The number of carbonyl (C=O) groups excluding carboxylic acids is 1. The summed E-state index contributed by atoms with van der Waals surface area (Å²) in [6, 6.07) is 5.93. The summed E-state index contributed by atoms with van der Waals surface area (Å²) in [5.74, 6) is 5.36. The number of piperidine rings is 1. The van der Waals surface area contributed by atoms with Gasteiger partial charge in [0.2, 0.25) is 0 Å². The minimum absolute atomic E-state index is 0.0585. The van der Waals surface area contributed by atoms with Crippen molar-refractivity contribution in [3.05, 3.63) is 89.4 Å². The van der Waals surface area contributed by atoms with E-state index in [9.17, 15) is 18.0 Å². The molecule has 0 saturated carbocycles. The van der Waals surface area contributed by atoms with Crippen molar-refractivity contribution in [1.82, 2.24) is 29.2 Å². The molecule has 0 unspecified atom stereocenters. The average Bonchev–Trinajstić information content (AvgIpc) is 3.36. The van der Waals surface area contributed by atoms with Crippen LogP contribution >= 0.6 is 0 Å². The average molecular weight is 548 g/mol. The smallest absolute Gasteiger partial charge is 0.322 e. The van der Waals surface area contributed by atoms with Crippen LogP contribution in [0.15, 0.2) is 61.4 Å². The molecule has 3 aromatic heterocycles. The summed E-state index contributed by atoms with van der Waals surface area (Å²) in [6.07, 6.45) is 6.71. The van der Waals surface area contributed by atoms with Crippen LogP contribution in [-0.2, 0) is 12.7 Å². The lowest BCUT2D eigenvalue weighted by molar-refractivity contribution is -0.138. The first kappa shape index (κ1) is 27.3. The van der Waals surface area contributed by atoms with Crippen LogP contribution in [0.25, 0.3) is 5.65 Å². The first-order valence-electron chi connectivity index (χ1n) is 12.8. The van der Waals surface area contributed by atoms with Crippen LogP contribution < -0.4 is 5.32 Å². The third kappa shape index (κ3) is 6.30. The largest absolute Gasteiger partial charge is 0.416 e. The Morgan fingerprint density at radius 3 is 2.62 bits per heavy atom. The molecule has 1 aliphatic heterocycles. The topological polar surface area (TPSA) is 78.7 Å². The molecule has 1 saturated heterocycles. The number of likely N-dealkylation sites (tertiary alicyclic amines) is 1. The molecule has 11 heteroatoms. The van der Waals surface area contributed by atoms with E-state index in [0.29, 0.717) is 22.9 Å². The predicted octanol–water partition coefficient (Wildman–Crippen LogP) is 4.32. The zero-order valence-corrected chi connectivity index (χ0v) is 22.1. The number of fused-ring (bicyclic) bond motifs is 1. The number of nitrogens with zero attached hydrogens (tertiary/aromatic N) is 6. The number of halogens is 3. The fourth-order valence-electron chi connectivity index (χ4n) is 4.80. The Labute approximate surface area is 229 Å². The van der Waals surface area contributed by atoms with Gasteiger partial charge in [0.25, 0.3) is 5.91 Å². The number of carbonyl (C=O) groups is 1. The Hall–Kier alpha value is -4.27. The molecule has 0 aliphatic carbocycles. The van der Waals surface area contributed by atoms with Crippen LogP contribution in [-0.4, -0.2) is 68.3 Å². The van der Waals surface area contributed by atoms with Gasteiger partial charge in [-0.25, -0.2) is 4.98 Å². The van der Waals surface area contributed by atoms with Crippen molar-refractivity contribution in [2.45, 2.75) is 31.6 Å². The van der Waals surface area contributed by atoms with Crippen LogP contribution in [0.1, 0.15) is 45.6 Å². The lowest BCUT2D eigenvalue weighted by atomic mass is 10.0. The Bertz CT molecular complexity index is 1580. The second-order valence-electron chi connectivity index (χ2n) is 9.95. The van der Waals surface area contributed by atoms with Gasteiger partial charge in [0, 0.05) is 48.6 Å². The number of amides is 1. The highest BCUT2D eigenvalue weighted by Crippen LogP contribution is 2.35. The summed E-state index contributed by atoms with van der Waals surface area (Å²) in [4.78, 5) is 29.4. The van der Waals surface area contributed by atoms with E-state index in [1.807, 2.05) is 19.0 Å². The molecule has 1 N–H and O–H groups in total. The van der Waals surface area contributed by atoms with Gasteiger partial charge in [0.15, 0.2) is 5.65 Å². The zero-order chi connectivity index (χ0) is 28.3. The minimum Gasteiger partial charge on any atom is -0.322 e. The van der Waals surface area contributed by atoms with Gasteiger partial charge < -0.3 is 10.2 Å². The van der Waals surface area contributed by atoms with Gasteiger partial charge in [-0.15, -0.1) is 0 Å². The maximum atomic E-state index is 14.0. The van der Waals surface area contributed by atoms with Gasteiger partial charge in [0.1, 0.15) is 5.69 Å². The second kappa shape index (κ2) is 11.5. The van der Waals surface area contributed by atoms with Crippen LogP contribution in [0, 0.1) is 11.8 Å². The zero-order valence-electron chi connectivity index (χ0n) is 22.1. The molecule has 8 nitrogen and oxygen atoms in total. The van der Waals surface area contributed by atoms with E-state index in [0.717, 1.165) is 32.0 Å². The number of rotatable bonds is 5.